The van der Waals surface area contributed by atoms with Crippen LogP contribution in [0.4, 0.5) is 8.78 Å². The molecule has 9 nitrogen and oxygen atoms in total. The Labute approximate surface area is 196 Å². The van der Waals surface area contributed by atoms with Gasteiger partial charge in [0, 0.05) is 31.1 Å². The summed E-state index contributed by atoms with van der Waals surface area (Å²) in [5.74, 6) is -2.70. The molecule has 1 fully saturated rings. The molecule has 2 aliphatic heterocycles. The summed E-state index contributed by atoms with van der Waals surface area (Å²) in [5.41, 5.74) is 1.08. The Morgan fingerprint density at radius 3 is 2.74 bits per heavy atom. The molecule has 2 amide bonds. The first-order valence-corrected chi connectivity index (χ1v) is 11.2. The van der Waals surface area contributed by atoms with Crippen molar-refractivity contribution < 1.29 is 28.2 Å². The van der Waals surface area contributed by atoms with Gasteiger partial charge in [-0.3, -0.25) is 14.5 Å². The summed E-state index contributed by atoms with van der Waals surface area (Å²) in [6.07, 6.45) is -0.654. The number of aromatic nitrogens is 2. The van der Waals surface area contributed by atoms with Crippen LogP contribution in [0.2, 0.25) is 0 Å². The minimum absolute atomic E-state index is 0.0254. The van der Waals surface area contributed by atoms with Crippen LogP contribution >= 0.6 is 0 Å². The third-order valence-electron chi connectivity index (χ3n) is 6.14. The summed E-state index contributed by atoms with van der Waals surface area (Å²) < 4.78 is 34.3. The molecule has 4 rings (SSSR count). The number of rotatable bonds is 5. The van der Waals surface area contributed by atoms with E-state index >= 15 is 0 Å². The van der Waals surface area contributed by atoms with Gasteiger partial charge in [0.25, 0.3) is 5.91 Å². The van der Waals surface area contributed by atoms with Crippen LogP contribution in [-0.2, 0) is 22.6 Å². The maximum atomic E-state index is 13.9. The summed E-state index contributed by atoms with van der Waals surface area (Å²) in [7, 11) is 0. The summed E-state index contributed by atoms with van der Waals surface area (Å²) >= 11 is 0. The highest BCUT2D eigenvalue weighted by Gasteiger charge is 2.38. The number of carbonyl (C=O) groups excluding carboxylic acids is 2. The zero-order chi connectivity index (χ0) is 24.6. The number of nitrogens with zero attached hydrogens (tertiary/aromatic N) is 3. The van der Waals surface area contributed by atoms with Crippen molar-refractivity contribution in [2.24, 2.45) is 5.41 Å². The normalized spacial score (nSPS) is 18.7. The SMILES string of the molecule is CC(C)(C)C(NC(=O)c1nn(-c2ccc(F)c(F)c2)c2c1COCC2)C(O)N1CCNC(=O)C1. The van der Waals surface area contributed by atoms with Crippen LogP contribution < -0.4 is 10.6 Å². The van der Waals surface area contributed by atoms with Gasteiger partial charge in [-0.25, -0.2) is 13.5 Å². The number of piperazine rings is 1. The predicted molar refractivity (Wildman–Crippen MR) is 118 cm³/mol. The Morgan fingerprint density at radius 2 is 2.06 bits per heavy atom. The number of aliphatic hydroxyl groups is 1. The molecule has 11 heteroatoms. The number of halogens is 2. The van der Waals surface area contributed by atoms with Gasteiger partial charge in [0.2, 0.25) is 5.91 Å². The molecule has 3 heterocycles. The van der Waals surface area contributed by atoms with Crippen molar-refractivity contribution in [3.63, 3.8) is 0 Å². The quantitative estimate of drug-likeness (QED) is 0.596. The molecule has 0 radical (unpaired) electrons. The van der Waals surface area contributed by atoms with E-state index in [2.05, 4.69) is 15.7 Å². The van der Waals surface area contributed by atoms with Crippen LogP contribution in [0.1, 0.15) is 42.5 Å². The molecule has 1 aromatic carbocycles. The van der Waals surface area contributed by atoms with E-state index in [1.165, 1.54) is 10.7 Å². The second-order valence-electron chi connectivity index (χ2n) is 9.64. The van der Waals surface area contributed by atoms with Crippen molar-refractivity contribution in [2.75, 3.05) is 26.2 Å². The van der Waals surface area contributed by atoms with Crippen molar-refractivity contribution >= 4 is 11.8 Å². The molecule has 1 saturated heterocycles. The predicted octanol–water partition coefficient (Wildman–Crippen LogP) is 1.12. The zero-order valence-corrected chi connectivity index (χ0v) is 19.4. The second kappa shape index (κ2) is 9.40. The lowest BCUT2D eigenvalue weighted by Gasteiger charge is -2.41. The van der Waals surface area contributed by atoms with Gasteiger partial charge >= 0.3 is 0 Å². The van der Waals surface area contributed by atoms with Crippen LogP contribution in [0, 0.1) is 17.0 Å². The molecule has 2 aromatic rings. The molecular weight excluding hydrogens is 448 g/mol. The molecule has 2 aliphatic rings. The lowest BCUT2D eigenvalue weighted by atomic mass is 9.84. The number of aliphatic hydroxyl groups excluding tert-OH is 1. The van der Waals surface area contributed by atoms with Gasteiger partial charge in [0.15, 0.2) is 17.3 Å². The molecule has 1 aromatic heterocycles. The summed E-state index contributed by atoms with van der Waals surface area (Å²) in [4.78, 5) is 26.8. The van der Waals surface area contributed by atoms with Gasteiger partial charge in [-0.1, -0.05) is 20.8 Å². The van der Waals surface area contributed by atoms with Gasteiger partial charge in [-0.05, 0) is 17.5 Å². The molecule has 34 heavy (non-hydrogen) atoms. The third-order valence-corrected chi connectivity index (χ3v) is 6.14. The number of nitrogens with one attached hydrogen (secondary N) is 2. The number of hydrogen-bond donors (Lipinski definition) is 3. The van der Waals surface area contributed by atoms with Crippen molar-refractivity contribution in [3.05, 3.63) is 46.8 Å². The Morgan fingerprint density at radius 1 is 1.29 bits per heavy atom. The zero-order valence-electron chi connectivity index (χ0n) is 19.4. The summed E-state index contributed by atoms with van der Waals surface area (Å²) in [6.45, 7) is 7.07. The van der Waals surface area contributed by atoms with E-state index < -0.39 is 35.2 Å². The number of carbonyl (C=O) groups is 2. The lowest BCUT2D eigenvalue weighted by molar-refractivity contribution is -0.131. The fraction of sp³-hybridized carbons (Fsp3) is 0.522. The Bertz CT molecular complexity index is 1100. The first-order chi connectivity index (χ1) is 16.1. The van der Waals surface area contributed by atoms with Crippen molar-refractivity contribution in [1.82, 2.24) is 25.3 Å². The maximum Gasteiger partial charge on any atom is 0.272 e. The van der Waals surface area contributed by atoms with Crippen molar-refractivity contribution in [2.45, 2.75) is 46.1 Å². The molecule has 2 unspecified atom stereocenters. The van der Waals surface area contributed by atoms with Crippen molar-refractivity contribution in [3.8, 4) is 5.69 Å². The fourth-order valence-corrected chi connectivity index (χ4v) is 4.29. The van der Waals surface area contributed by atoms with Crippen LogP contribution in [0.5, 0.6) is 0 Å². The van der Waals surface area contributed by atoms with Gasteiger partial charge in [-0.2, -0.15) is 5.10 Å². The van der Waals surface area contributed by atoms with Gasteiger partial charge in [0.05, 0.1) is 37.2 Å². The first kappa shape index (κ1) is 24.2. The number of amides is 2. The average Bonchev–Trinajstić information content (AvgIpc) is 3.18. The Balaban J connectivity index is 1.65. The smallest absolute Gasteiger partial charge is 0.272 e. The molecule has 2 atom stereocenters. The Kier molecular flexibility index (Phi) is 6.70. The van der Waals surface area contributed by atoms with E-state index in [0.717, 1.165) is 12.1 Å². The average molecular weight is 478 g/mol. The van der Waals surface area contributed by atoms with E-state index in [1.807, 2.05) is 20.8 Å². The molecule has 0 saturated carbocycles. The lowest BCUT2D eigenvalue weighted by Crippen LogP contribution is -2.61. The van der Waals surface area contributed by atoms with Gasteiger partial charge in [-0.15, -0.1) is 0 Å². The summed E-state index contributed by atoms with van der Waals surface area (Å²) in [5, 5.41) is 21.1. The molecule has 0 aliphatic carbocycles. The first-order valence-electron chi connectivity index (χ1n) is 11.2. The number of benzene rings is 1. The topological polar surface area (TPSA) is 109 Å². The van der Waals surface area contributed by atoms with Crippen molar-refractivity contribution in [1.29, 1.82) is 0 Å². The van der Waals surface area contributed by atoms with E-state index in [1.54, 1.807) is 4.90 Å². The molecule has 184 valence electrons. The van der Waals surface area contributed by atoms with E-state index in [9.17, 15) is 23.5 Å². The van der Waals surface area contributed by atoms with Gasteiger partial charge < -0.3 is 20.5 Å². The van der Waals surface area contributed by atoms with Crippen LogP contribution in [0.3, 0.4) is 0 Å². The molecular formula is C23H29F2N5O4. The van der Waals surface area contributed by atoms with E-state index in [0.29, 0.717) is 43.1 Å². The fourth-order valence-electron chi connectivity index (χ4n) is 4.29. The van der Waals surface area contributed by atoms with Gasteiger partial charge in [0.1, 0.15) is 6.23 Å². The third kappa shape index (κ3) is 4.82. The van der Waals surface area contributed by atoms with E-state index in [-0.39, 0.29) is 24.8 Å². The largest absolute Gasteiger partial charge is 0.376 e. The van der Waals surface area contributed by atoms with Crippen LogP contribution in [-0.4, -0.2) is 70.1 Å². The highest BCUT2D eigenvalue weighted by Crippen LogP contribution is 2.27. The minimum atomic E-state index is -1.10. The van der Waals surface area contributed by atoms with E-state index in [4.69, 9.17) is 4.74 Å². The number of hydrogen-bond acceptors (Lipinski definition) is 6. The summed E-state index contributed by atoms with van der Waals surface area (Å²) in [6, 6.07) is 2.72. The number of ether oxygens (including phenoxy) is 1. The highest BCUT2D eigenvalue weighted by molar-refractivity contribution is 5.94. The monoisotopic (exact) mass is 477 g/mol. The molecule has 0 spiro atoms. The second-order valence-corrected chi connectivity index (χ2v) is 9.64. The van der Waals surface area contributed by atoms with Crippen LogP contribution in [0.15, 0.2) is 18.2 Å². The Hall–Kier alpha value is -2.89. The maximum absolute atomic E-state index is 13.9. The standard InChI is InChI=1S/C23H29F2N5O4/c1-23(2,3)20(22(33)29-8-7-26-18(31)11-29)27-21(32)19-14-12-34-9-6-17(14)30(28-19)13-4-5-15(24)16(25)10-13/h4-5,10,20,22,33H,6-9,11-12H2,1-3H3,(H,26,31)(H,27,32). The van der Waals surface area contributed by atoms with Crippen LogP contribution in [0.25, 0.3) is 5.69 Å². The minimum Gasteiger partial charge on any atom is -0.376 e. The number of fused-ring (bicyclic) bond motifs is 1. The highest BCUT2D eigenvalue weighted by atomic mass is 19.2. The molecule has 0 bridgehead atoms. The molecule has 3 N–H and O–H groups in total.